The predicted molar refractivity (Wildman–Crippen MR) is 83.1 cm³/mol. The molecule has 8 heteroatoms. The Morgan fingerprint density at radius 1 is 1.35 bits per heavy atom. The van der Waals surface area contributed by atoms with Gasteiger partial charge in [0.15, 0.2) is 0 Å². The van der Waals surface area contributed by atoms with Gasteiger partial charge in [-0.15, -0.1) is 0 Å². The van der Waals surface area contributed by atoms with Crippen molar-refractivity contribution in [1.82, 2.24) is 0 Å². The highest BCUT2D eigenvalue weighted by Gasteiger charge is 2.36. The van der Waals surface area contributed by atoms with E-state index < -0.39 is 21.9 Å². The van der Waals surface area contributed by atoms with Crippen LogP contribution in [0.5, 0.6) is 5.75 Å². The van der Waals surface area contributed by atoms with Crippen molar-refractivity contribution in [3.63, 3.8) is 0 Å². The highest BCUT2D eigenvalue weighted by molar-refractivity contribution is 7.85. The van der Waals surface area contributed by atoms with E-state index in [0.29, 0.717) is 0 Å². The molecule has 0 spiro atoms. The number of ketones is 1. The van der Waals surface area contributed by atoms with Crippen molar-refractivity contribution in [1.29, 1.82) is 0 Å². The molecule has 7 nitrogen and oxygen atoms in total. The fraction of sp³-hybridized carbons (Fsp3) is 0.467. The minimum atomic E-state index is -4.39. The number of hydrogen-bond acceptors (Lipinski definition) is 5. The van der Waals surface area contributed by atoms with Crippen molar-refractivity contribution in [2.75, 3.05) is 12.4 Å². The zero-order chi connectivity index (χ0) is 17.4. The van der Waals surface area contributed by atoms with Crippen LogP contribution < -0.4 is 10.1 Å². The first-order valence-corrected chi connectivity index (χ1v) is 8.60. The normalized spacial score (nSPS) is 15.8. The van der Waals surface area contributed by atoms with Crippen molar-refractivity contribution >= 4 is 27.5 Å². The van der Waals surface area contributed by atoms with Crippen molar-refractivity contribution in [3.8, 4) is 5.75 Å². The Bertz CT molecular complexity index is 751. The molecule has 0 aromatic heterocycles. The van der Waals surface area contributed by atoms with Gasteiger partial charge in [0.05, 0.1) is 18.7 Å². The molecule has 2 N–H and O–H groups in total. The van der Waals surface area contributed by atoms with Crippen LogP contribution >= 0.6 is 0 Å². The molecule has 0 bridgehead atoms. The average Bonchev–Trinajstić information content (AvgIpc) is 3.29. The van der Waals surface area contributed by atoms with Gasteiger partial charge >= 0.3 is 0 Å². The summed E-state index contributed by atoms with van der Waals surface area (Å²) in [4.78, 5) is 23.8. The van der Waals surface area contributed by atoms with Gasteiger partial charge in [-0.2, -0.15) is 8.42 Å². The molecule has 1 aromatic carbocycles. The number of carbonyl (C=O) groups is 2. The van der Waals surface area contributed by atoms with Gasteiger partial charge in [0.25, 0.3) is 10.1 Å². The van der Waals surface area contributed by atoms with Gasteiger partial charge in [-0.25, -0.2) is 0 Å². The molecule has 1 saturated carbocycles. The number of benzene rings is 1. The molecule has 0 radical (unpaired) electrons. The number of aryl methyl sites for hydroxylation is 1. The molecular formula is C15H19NO6S. The molecule has 1 fully saturated rings. The Balaban J connectivity index is 2.27. The van der Waals surface area contributed by atoms with Crippen LogP contribution in [-0.2, 0) is 19.7 Å². The molecule has 23 heavy (non-hydrogen) atoms. The van der Waals surface area contributed by atoms with E-state index in [9.17, 15) is 22.6 Å². The number of ether oxygens (including phenoxy) is 1. The summed E-state index contributed by atoms with van der Waals surface area (Å²) in [6.45, 7) is 3.03. The van der Waals surface area contributed by atoms with Gasteiger partial charge in [0.2, 0.25) is 5.91 Å². The molecule has 1 atom stereocenters. The van der Waals surface area contributed by atoms with Gasteiger partial charge in [-0.05, 0) is 38.3 Å². The fourth-order valence-electron chi connectivity index (χ4n) is 2.31. The van der Waals surface area contributed by atoms with Crippen LogP contribution in [0, 0.1) is 18.8 Å². The SMILES string of the molecule is COc1cc(S(=O)(=O)O)c(C)cc1NC(=O)C(C)C(=O)C1CC1. The lowest BCUT2D eigenvalue weighted by Crippen LogP contribution is -2.28. The lowest BCUT2D eigenvalue weighted by atomic mass is 10.0. The smallest absolute Gasteiger partial charge is 0.294 e. The second-order valence-corrected chi connectivity index (χ2v) is 7.07. The number of amides is 1. The largest absolute Gasteiger partial charge is 0.495 e. The molecule has 1 aliphatic rings. The van der Waals surface area contributed by atoms with Crippen molar-refractivity contribution in [2.24, 2.45) is 11.8 Å². The molecule has 0 saturated heterocycles. The van der Waals surface area contributed by atoms with Gasteiger partial charge < -0.3 is 10.1 Å². The Labute approximate surface area is 134 Å². The topological polar surface area (TPSA) is 110 Å². The van der Waals surface area contributed by atoms with Crippen molar-refractivity contribution in [2.45, 2.75) is 31.6 Å². The standard InChI is InChI=1S/C15H19NO6S/c1-8-6-11(12(22-3)7-13(8)23(19,20)21)16-15(18)9(2)14(17)10-4-5-10/h6-7,9-10H,4-5H2,1-3H3,(H,16,18)(H,19,20,21). The average molecular weight is 341 g/mol. The lowest BCUT2D eigenvalue weighted by molar-refractivity contribution is -0.131. The highest BCUT2D eigenvalue weighted by atomic mass is 32.2. The highest BCUT2D eigenvalue weighted by Crippen LogP contribution is 2.34. The molecule has 1 aromatic rings. The Kier molecular flexibility index (Phi) is 4.76. The maximum Gasteiger partial charge on any atom is 0.294 e. The summed E-state index contributed by atoms with van der Waals surface area (Å²) in [6.07, 6.45) is 1.64. The van der Waals surface area contributed by atoms with Gasteiger partial charge in [-0.3, -0.25) is 14.1 Å². The second kappa shape index (κ2) is 6.29. The number of rotatable bonds is 6. The summed E-state index contributed by atoms with van der Waals surface area (Å²) in [5.41, 5.74) is 0.502. The third kappa shape index (κ3) is 3.89. The molecule has 0 heterocycles. The van der Waals surface area contributed by atoms with E-state index in [1.54, 1.807) is 6.92 Å². The zero-order valence-electron chi connectivity index (χ0n) is 13.1. The van der Waals surface area contributed by atoms with Gasteiger partial charge in [0, 0.05) is 12.0 Å². The molecule has 1 aliphatic carbocycles. The van der Waals surface area contributed by atoms with E-state index in [0.717, 1.165) is 18.9 Å². The van der Waals surface area contributed by atoms with E-state index in [1.807, 2.05) is 0 Å². The fourth-order valence-corrected chi connectivity index (χ4v) is 3.03. The maximum absolute atomic E-state index is 12.2. The van der Waals surface area contributed by atoms with Gasteiger partial charge in [0.1, 0.15) is 16.4 Å². The van der Waals surface area contributed by atoms with Crippen LogP contribution in [0.25, 0.3) is 0 Å². The molecular weight excluding hydrogens is 322 g/mol. The number of Topliss-reactive ketones (excluding diaryl/α,β-unsaturated/α-hetero) is 1. The number of anilines is 1. The van der Waals surface area contributed by atoms with Crippen LogP contribution in [0.2, 0.25) is 0 Å². The first kappa shape index (κ1) is 17.4. The van der Waals surface area contributed by atoms with E-state index in [-0.39, 0.29) is 33.6 Å². The van der Waals surface area contributed by atoms with E-state index in [2.05, 4.69) is 5.32 Å². The maximum atomic E-state index is 12.2. The first-order chi connectivity index (χ1) is 10.6. The minimum Gasteiger partial charge on any atom is -0.495 e. The molecule has 1 unspecified atom stereocenters. The van der Waals surface area contributed by atoms with Gasteiger partial charge in [-0.1, -0.05) is 0 Å². The molecule has 0 aliphatic heterocycles. The summed E-state index contributed by atoms with van der Waals surface area (Å²) in [7, 11) is -3.08. The quantitative estimate of drug-likeness (QED) is 0.603. The van der Waals surface area contributed by atoms with Crippen molar-refractivity contribution < 1.29 is 27.3 Å². The third-order valence-electron chi connectivity index (χ3n) is 3.83. The van der Waals surface area contributed by atoms with Crippen LogP contribution in [0.3, 0.4) is 0 Å². The monoisotopic (exact) mass is 341 g/mol. The van der Waals surface area contributed by atoms with Crippen LogP contribution in [0.4, 0.5) is 5.69 Å². The predicted octanol–water partition coefficient (Wildman–Crippen LogP) is 1.80. The Hall–Kier alpha value is -1.93. The Morgan fingerprint density at radius 3 is 2.43 bits per heavy atom. The first-order valence-electron chi connectivity index (χ1n) is 7.16. The number of methoxy groups -OCH3 is 1. The number of carbonyl (C=O) groups excluding carboxylic acids is 2. The second-order valence-electron chi connectivity index (χ2n) is 5.68. The third-order valence-corrected chi connectivity index (χ3v) is 4.83. The van der Waals surface area contributed by atoms with E-state index in [1.165, 1.54) is 20.1 Å². The lowest BCUT2D eigenvalue weighted by Gasteiger charge is -2.15. The summed E-state index contributed by atoms with van der Waals surface area (Å²) in [6, 6.07) is 2.52. The minimum absolute atomic E-state index is 0.0266. The number of hydrogen-bond donors (Lipinski definition) is 2. The molecule has 126 valence electrons. The summed E-state index contributed by atoms with van der Waals surface area (Å²) < 4.78 is 36.8. The summed E-state index contributed by atoms with van der Waals surface area (Å²) >= 11 is 0. The Morgan fingerprint density at radius 2 is 1.96 bits per heavy atom. The van der Waals surface area contributed by atoms with Crippen LogP contribution in [-0.4, -0.2) is 31.8 Å². The van der Waals surface area contributed by atoms with E-state index in [4.69, 9.17) is 4.74 Å². The van der Waals surface area contributed by atoms with Crippen LogP contribution in [0.15, 0.2) is 17.0 Å². The number of nitrogens with one attached hydrogen (secondary N) is 1. The van der Waals surface area contributed by atoms with E-state index >= 15 is 0 Å². The van der Waals surface area contributed by atoms with Crippen molar-refractivity contribution in [3.05, 3.63) is 17.7 Å². The summed E-state index contributed by atoms with van der Waals surface area (Å²) in [5, 5.41) is 2.58. The zero-order valence-corrected chi connectivity index (χ0v) is 13.9. The summed E-state index contributed by atoms with van der Waals surface area (Å²) in [5.74, 6) is -1.29. The molecule has 2 rings (SSSR count). The molecule has 1 amide bonds. The van der Waals surface area contributed by atoms with Crippen LogP contribution in [0.1, 0.15) is 25.3 Å².